The van der Waals surface area contributed by atoms with Crippen LogP contribution in [0.15, 0.2) is 67.4 Å². The largest absolute Gasteiger partial charge is 0.464 e. The van der Waals surface area contributed by atoms with Gasteiger partial charge in [0.15, 0.2) is 0 Å². The number of allylic oxidation sites excluding steroid dienone is 2. The molecule has 0 amide bonds. The zero-order valence-electron chi connectivity index (χ0n) is 9.39. The van der Waals surface area contributed by atoms with Crippen molar-refractivity contribution in [2.45, 2.75) is 0 Å². The molecule has 0 saturated carbocycles. The molecule has 1 heterocycles. The van der Waals surface area contributed by atoms with E-state index in [0.29, 0.717) is 0 Å². The van der Waals surface area contributed by atoms with E-state index in [0.717, 1.165) is 28.0 Å². The van der Waals surface area contributed by atoms with Gasteiger partial charge in [0.2, 0.25) is 0 Å². The SMILES string of the molecule is C=C1C(c2ccccc2)=COc2ccccc21. The summed E-state index contributed by atoms with van der Waals surface area (Å²) >= 11 is 0. The quantitative estimate of drug-likeness (QED) is 0.702. The molecule has 0 atom stereocenters. The summed E-state index contributed by atoms with van der Waals surface area (Å²) in [4.78, 5) is 0. The Morgan fingerprint density at radius 1 is 0.824 bits per heavy atom. The fourth-order valence-corrected chi connectivity index (χ4v) is 2.02. The zero-order valence-corrected chi connectivity index (χ0v) is 9.39. The molecule has 1 aliphatic heterocycles. The van der Waals surface area contributed by atoms with Gasteiger partial charge in [0, 0.05) is 11.1 Å². The summed E-state index contributed by atoms with van der Waals surface area (Å²) in [6.07, 6.45) is 1.78. The highest BCUT2D eigenvalue weighted by Gasteiger charge is 2.17. The predicted molar refractivity (Wildman–Crippen MR) is 70.5 cm³/mol. The van der Waals surface area contributed by atoms with Crippen molar-refractivity contribution in [1.29, 1.82) is 0 Å². The van der Waals surface area contributed by atoms with Gasteiger partial charge in [-0.25, -0.2) is 0 Å². The normalized spacial score (nSPS) is 13.6. The van der Waals surface area contributed by atoms with Crippen LogP contribution in [0.5, 0.6) is 5.75 Å². The van der Waals surface area contributed by atoms with Gasteiger partial charge in [-0.05, 0) is 17.2 Å². The van der Waals surface area contributed by atoms with Crippen LogP contribution in [0.1, 0.15) is 11.1 Å². The Morgan fingerprint density at radius 2 is 1.53 bits per heavy atom. The van der Waals surface area contributed by atoms with Gasteiger partial charge >= 0.3 is 0 Å². The highest BCUT2D eigenvalue weighted by Crippen LogP contribution is 2.38. The molecule has 0 radical (unpaired) electrons. The summed E-state index contributed by atoms with van der Waals surface area (Å²) in [7, 11) is 0. The van der Waals surface area contributed by atoms with E-state index in [2.05, 4.69) is 18.7 Å². The molecule has 0 bridgehead atoms. The van der Waals surface area contributed by atoms with Crippen molar-refractivity contribution >= 4 is 11.1 Å². The minimum absolute atomic E-state index is 0.872. The lowest BCUT2D eigenvalue weighted by molar-refractivity contribution is 0.478. The first-order valence-corrected chi connectivity index (χ1v) is 5.57. The molecule has 0 aromatic heterocycles. The van der Waals surface area contributed by atoms with Crippen LogP contribution in [0.25, 0.3) is 11.1 Å². The van der Waals surface area contributed by atoms with Crippen LogP contribution in [0.3, 0.4) is 0 Å². The van der Waals surface area contributed by atoms with E-state index in [4.69, 9.17) is 4.74 Å². The fraction of sp³-hybridized carbons (Fsp3) is 0. The minimum Gasteiger partial charge on any atom is -0.464 e. The van der Waals surface area contributed by atoms with Crippen molar-refractivity contribution in [1.82, 2.24) is 0 Å². The molecule has 2 aromatic rings. The Hall–Kier alpha value is -2.28. The molecule has 0 spiro atoms. The molecule has 2 aromatic carbocycles. The third-order valence-electron chi connectivity index (χ3n) is 2.93. The molecule has 17 heavy (non-hydrogen) atoms. The number of rotatable bonds is 1. The third kappa shape index (κ3) is 1.66. The maximum absolute atomic E-state index is 5.64. The molecule has 82 valence electrons. The van der Waals surface area contributed by atoms with E-state index in [-0.39, 0.29) is 0 Å². The van der Waals surface area contributed by atoms with E-state index in [1.54, 1.807) is 6.26 Å². The number of benzene rings is 2. The molecule has 1 aliphatic rings. The van der Waals surface area contributed by atoms with E-state index >= 15 is 0 Å². The monoisotopic (exact) mass is 220 g/mol. The molecule has 1 heteroatoms. The lowest BCUT2D eigenvalue weighted by Crippen LogP contribution is -2.00. The van der Waals surface area contributed by atoms with Crippen LogP contribution < -0.4 is 4.74 Å². The Morgan fingerprint density at radius 3 is 2.35 bits per heavy atom. The molecule has 0 N–H and O–H groups in total. The van der Waals surface area contributed by atoms with Gasteiger partial charge in [-0.2, -0.15) is 0 Å². The number of hydrogen-bond donors (Lipinski definition) is 0. The third-order valence-corrected chi connectivity index (χ3v) is 2.93. The molecule has 0 fully saturated rings. The second kappa shape index (κ2) is 3.95. The van der Waals surface area contributed by atoms with Crippen molar-refractivity contribution in [3.63, 3.8) is 0 Å². The predicted octanol–water partition coefficient (Wildman–Crippen LogP) is 4.13. The molecule has 0 saturated heterocycles. The maximum Gasteiger partial charge on any atom is 0.134 e. The second-order valence-electron chi connectivity index (χ2n) is 3.99. The first kappa shape index (κ1) is 9.91. The average Bonchev–Trinajstić information content (AvgIpc) is 2.40. The maximum atomic E-state index is 5.64. The van der Waals surface area contributed by atoms with Crippen LogP contribution in [-0.2, 0) is 0 Å². The topological polar surface area (TPSA) is 9.23 Å². The van der Waals surface area contributed by atoms with Gasteiger partial charge in [-0.3, -0.25) is 0 Å². The molecule has 0 unspecified atom stereocenters. The highest BCUT2D eigenvalue weighted by molar-refractivity contribution is 6.05. The standard InChI is InChI=1S/C16H12O/c1-12-14-9-5-6-10-16(14)17-11-15(12)13-7-3-2-4-8-13/h2-11H,1H2. The van der Waals surface area contributed by atoms with Crippen LogP contribution in [-0.4, -0.2) is 0 Å². The van der Waals surface area contributed by atoms with E-state index in [9.17, 15) is 0 Å². The number of hydrogen-bond acceptors (Lipinski definition) is 1. The first-order chi connectivity index (χ1) is 8.36. The summed E-state index contributed by atoms with van der Waals surface area (Å²) in [5.74, 6) is 0.872. The van der Waals surface area contributed by atoms with Gasteiger partial charge in [0.1, 0.15) is 5.75 Å². The van der Waals surface area contributed by atoms with Gasteiger partial charge in [-0.15, -0.1) is 0 Å². The van der Waals surface area contributed by atoms with Crippen molar-refractivity contribution in [2.75, 3.05) is 0 Å². The molecular weight excluding hydrogens is 208 g/mol. The van der Waals surface area contributed by atoms with Gasteiger partial charge in [0.25, 0.3) is 0 Å². The summed E-state index contributed by atoms with van der Waals surface area (Å²) in [5.41, 5.74) is 4.25. The molecule has 1 nitrogen and oxygen atoms in total. The van der Waals surface area contributed by atoms with Crippen molar-refractivity contribution in [3.8, 4) is 5.75 Å². The van der Waals surface area contributed by atoms with Crippen molar-refractivity contribution in [3.05, 3.63) is 78.6 Å². The average molecular weight is 220 g/mol. The van der Waals surface area contributed by atoms with Gasteiger partial charge < -0.3 is 4.74 Å². The lowest BCUT2D eigenvalue weighted by atomic mass is 9.93. The summed E-state index contributed by atoms with van der Waals surface area (Å²) in [6.45, 7) is 4.17. The van der Waals surface area contributed by atoms with E-state index in [1.807, 2.05) is 42.5 Å². The fourth-order valence-electron chi connectivity index (χ4n) is 2.02. The smallest absolute Gasteiger partial charge is 0.134 e. The molecule has 3 rings (SSSR count). The number of fused-ring (bicyclic) bond motifs is 1. The highest BCUT2D eigenvalue weighted by atomic mass is 16.5. The van der Waals surface area contributed by atoms with Gasteiger partial charge in [0.05, 0.1) is 6.26 Å². The zero-order chi connectivity index (χ0) is 11.7. The van der Waals surface area contributed by atoms with Crippen LogP contribution >= 0.6 is 0 Å². The van der Waals surface area contributed by atoms with Gasteiger partial charge in [-0.1, -0.05) is 55.1 Å². The summed E-state index contributed by atoms with van der Waals surface area (Å²) < 4.78 is 5.64. The minimum atomic E-state index is 0.872. The summed E-state index contributed by atoms with van der Waals surface area (Å²) in [6, 6.07) is 18.1. The van der Waals surface area contributed by atoms with Crippen LogP contribution in [0.4, 0.5) is 0 Å². The van der Waals surface area contributed by atoms with E-state index < -0.39 is 0 Å². The molecule has 0 aliphatic carbocycles. The summed E-state index contributed by atoms with van der Waals surface area (Å²) in [5, 5.41) is 0. The Labute approximate surface area is 101 Å². The lowest BCUT2D eigenvalue weighted by Gasteiger charge is -2.19. The number of ether oxygens (including phenoxy) is 1. The van der Waals surface area contributed by atoms with E-state index in [1.165, 1.54) is 0 Å². The Bertz CT molecular complexity index is 594. The van der Waals surface area contributed by atoms with Crippen LogP contribution in [0, 0.1) is 0 Å². The number of para-hydroxylation sites is 1. The van der Waals surface area contributed by atoms with Crippen LogP contribution in [0.2, 0.25) is 0 Å². The second-order valence-corrected chi connectivity index (χ2v) is 3.99. The first-order valence-electron chi connectivity index (χ1n) is 5.57. The Balaban J connectivity index is 2.07. The Kier molecular flexibility index (Phi) is 2.30. The van der Waals surface area contributed by atoms with Crippen molar-refractivity contribution < 1.29 is 4.74 Å². The van der Waals surface area contributed by atoms with Crippen molar-refractivity contribution in [2.24, 2.45) is 0 Å². The molecular formula is C16H12O.